The second-order valence-electron chi connectivity index (χ2n) is 4.25. The Kier molecular flexibility index (Phi) is 5.51. The van der Waals surface area contributed by atoms with Gasteiger partial charge in [0, 0.05) is 9.85 Å². The molecule has 1 aromatic heterocycles. The molecule has 2 rings (SSSR count). The Bertz CT molecular complexity index is 646. The summed E-state index contributed by atoms with van der Waals surface area (Å²) < 4.78 is 3.39. The van der Waals surface area contributed by atoms with Gasteiger partial charge in [-0.1, -0.05) is 12.1 Å². The fraction of sp³-hybridized carbons (Fsp3) is 0.154. The number of thiophene rings is 1. The van der Waals surface area contributed by atoms with Crippen molar-refractivity contribution in [3.8, 4) is 5.75 Å². The molecule has 0 unspecified atom stereocenters. The van der Waals surface area contributed by atoms with E-state index in [1.165, 1.54) is 23.3 Å². The molecule has 5 nitrogen and oxygen atoms in total. The lowest BCUT2D eigenvalue weighted by Crippen LogP contribution is -2.19. The number of carbonyl (C=O) groups is 1. The second kappa shape index (κ2) is 7.17. The van der Waals surface area contributed by atoms with Gasteiger partial charge in [0.1, 0.15) is 4.21 Å². The molecular weight excluding hydrogens is 374 g/mol. The van der Waals surface area contributed by atoms with Crippen LogP contribution in [0.25, 0.3) is 0 Å². The normalized spacial score (nSPS) is 10.7. The fourth-order valence-corrected chi connectivity index (χ4v) is 3.78. The van der Waals surface area contributed by atoms with Crippen molar-refractivity contribution in [1.29, 1.82) is 0 Å². The van der Waals surface area contributed by atoms with Gasteiger partial charge in [-0.2, -0.15) is 0 Å². The van der Waals surface area contributed by atoms with E-state index in [0.29, 0.717) is 11.4 Å². The Morgan fingerprint density at radius 3 is 2.62 bits per heavy atom. The van der Waals surface area contributed by atoms with Gasteiger partial charge in [-0.3, -0.25) is 4.31 Å². The summed E-state index contributed by atoms with van der Waals surface area (Å²) in [5.41, 5.74) is 1.06. The molecule has 112 valence electrons. The summed E-state index contributed by atoms with van der Waals surface area (Å²) in [6.45, 7) is 0. The lowest BCUT2D eigenvalue weighted by molar-refractivity contribution is 0.262. The summed E-state index contributed by atoms with van der Waals surface area (Å²) in [5, 5.41) is 17.1. The van der Waals surface area contributed by atoms with Gasteiger partial charge in [0.2, 0.25) is 0 Å². The first-order chi connectivity index (χ1) is 9.97. The van der Waals surface area contributed by atoms with Gasteiger partial charge in [-0.05, 0) is 54.1 Å². The number of urea groups is 1. The lowest BCUT2D eigenvalue weighted by atomic mass is 10.3. The van der Waals surface area contributed by atoms with Gasteiger partial charge in [0.05, 0.1) is 11.4 Å². The highest BCUT2D eigenvalue weighted by Gasteiger charge is 2.14. The highest BCUT2D eigenvalue weighted by atomic mass is 79.9. The molecule has 8 heteroatoms. The third kappa shape index (κ3) is 4.37. The summed E-state index contributed by atoms with van der Waals surface area (Å²) in [6, 6.07) is 6.90. The van der Waals surface area contributed by atoms with Gasteiger partial charge in [-0.25, -0.2) is 4.79 Å². The van der Waals surface area contributed by atoms with E-state index in [0.717, 1.165) is 8.68 Å². The number of aromatic hydroxyl groups is 1. The molecule has 2 amide bonds. The summed E-state index contributed by atoms with van der Waals surface area (Å²) in [4.78, 5) is 12.0. The number of rotatable bonds is 4. The third-order valence-electron chi connectivity index (χ3n) is 2.37. The number of carbonyl (C=O) groups excluding carboxylic acids is 1. The molecule has 0 atom stereocenters. The second-order valence-corrected chi connectivity index (χ2v) is 7.56. The molecule has 0 aliphatic heterocycles. The van der Waals surface area contributed by atoms with Crippen molar-refractivity contribution >= 4 is 56.6 Å². The molecule has 0 bridgehead atoms. The van der Waals surface area contributed by atoms with E-state index in [9.17, 15) is 9.90 Å². The van der Waals surface area contributed by atoms with Crippen LogP contribution in [0.3, 0.4) is 0 Å². The van der Waals surface area contributed by atoms with Gasteiger partial charge in [0.25, 0.3) is 0 Å². The Morgan fingerprint density at radius 2 is 1.95 bits per heavy atom. The van der Waals surface area contributed by atoms with E-state index in [4.69, 9.17) is 0 Å². The Balaban J connectivity index is 2.03. The van der Waals surface area contributed by atoms with Crippen molar-refractivity contribution in [2.45, 2.75) is 4.21 Å². The van der Waals surface area contributed by atoms with Crippen LogP contribution in [0.2, 0.25) is 0 Å². The Hall–Kier alpha value is -1.22. The Labute approximate surface area is 139 Å². The van der Waals surface area contributed by atoms with E-state index in [2.05, 4.69) is 26.6 Å². The molecular formula is C13H14BrN3O2S2. The van der Waals surface area contributed by atoms with Crippen LogP contribution in [0.5, 0.6) is 5.75 Å². The molecule has 0 fully saturated rings. The first-order valence-electron chi connectivity index (χ1n) is 5.95. The molecule has 3 N–H and O–H groups in total. The molecule has 0 spiro atoms. The minimum atomic E-state index is -0.406. The molecule has 0 aliphatic carbocycles. The van der Waals surface area contributed by atoms with Crippen LogP contribution in [0, 0.1) is 0 Å². The average Bonchev–Trinajstić information content (AvgIpc) is 2.74. The predicted octanol–water partition coefficient (Wildman–Crippen LogP) is 4.43. The van der Waals surface area contributed by atoms with Gasteiger partial charge in [0.15, 0.2) is 5.75 Å². The van der Waals surface area contributed by atoms with Crippen LogP contribution < -0.4 is 10.6 Å². The summed E-state index contributed by atoms with van der Waals surface area (Å²) in [5.74, 6) is 0.0842. The number of amides is 2. The van der Waals surface area contributed by atoms with Crippen molar-refractivity contribution in [2.24, 2.45) is 0 Å². The zero-order chi connectivity index (χ0) is 15.4. The number of hydrogen-bond acceptors (Lipinski definition) is 5. The molecule has 1 heterocycles. The molecule has 21 heavy (non-hydrogen) atoms. The molecule has 0 saturated carbocycles. The first-order valence-corrected chi connectivity index (χ1v) is 8.40. The average molecular weight is 388 g/mol. The zero-order valence-electron chi connectivity index (χ0n) is 11.4. The van der Waals surface area contributed by atoms with E-state index in [1.54, 1.807) is 11.4 Å². The van der Waals surface area contributed by atoms with Crippen molar-refractivity contribution in [2.75, 3.05) is 24.7 Å². The minimum Gasteiger partial charge on any atom is -0.504 e. The molecule has 2 aromatic rings. The van der Waals surface area contributed by atoms with Gasteiger partial charge in [-0.15, -0.1) is 11.3 Å². The highest BCUT2D eigenvalue weighted by molar-refractivity contribution is 9.10. The molecule has 0 aliphatic rings. The maximum atomic E-state index is 12.0. The van der Waals surface area contributed by atoms with E-state index in [-0.39, 0.29) is 5.75 Å². The number of anilines is 2. The number of benzene rings is 1. The standard InChI is InChI=1S/C13H14BrN3O2S2/c1-17(2)21-12-11(18)10(7-20-12)16-13(19)15-9-6-4-3-5-8(9)14/h3-7,18H,1-2H3,(H2,15,16,19). The van der Waals surface area contributed by atoms with Crippen LogP contribution in [0.1, 0.15) is 0 Å². The first kappa shape index (κ1) is 16.2. The topological polar surface area (TPSA) is 64.6 Å². The fourth-order valence-electron chi connectivity index (χ4n) is 1.49. The quantitative estimate of drug-likeness (QED) is 0.678. The lowest BCUT2D eigenvalue weighted by Gasteiger charge is -2.09. The molecule has 1 aromatic carbocycles. The van der Waals surface area contributed by atoms with Crippen LogP contribution >= 0.6 is 39.2 Å². The zero-order valence-corrected chi connectivity index (χ0v) is 14.6. The van der Waals surface area contributed by atoms with Gasteiger partial charge < -0.3 is 15.7 Å². The smallest absolute Gasteiger partial charge is 0.323 e. The van der Waals surface area contributed by atoms with Crippen LogP contribution in [0.4, 0.5) is 16.2 Å². The SMILES string of the molecule is CN(C)Sc1scc(NC(=O)Nc2ccccc2Br)c1O. The number of halogens is 1. The van der Waals surface area contributed by atoms with E-state index in [1.807, 2.05) is 36.6 Å². The van der Waals surface area contributed by atoms with Crippen LogP contribution in [-0.4, -0.2) is 29.5 Å². The maximum absolute atomic E-state index is 12.0. The highest BCUT2D eigenvalue weighted by Crippen LogP contribution is 2.41. The summed E-state index contributed by atoms with van der Waals surface area (Å²) in [7, 11) is 3.77. The monoisotopic (exact) mass is 387 g/mol. The number of nitrogens with one attached hydrogen (secondary N) is 2. The summed E-state index contributed by atoms with van der Waals surface area (Å²) in [6.07, 6.45) is 0. The maximum Gasteiger partial charge on any atom is 0.323 e. The number of hydrogen-bond donors (Lipinski definition) is 3. The third-order valence-corrected chi connectivity index (χ3v) is 5.06. The summed E-state index contributed by atoms with van der Waals surface area (Å²) >= 11 is 6.13. The van der Waals surface area contributed by atoms with Crippen LogP contribution in [-0.2, 0) is 0 Å². The largest absolute Gasteiger partial charge is 0.504 e. The van der Waals surface area contributed by atoms with Crippen molar-refractivity contribution in [3.05, 3.63) is 34.1 Å². The van der Waals surface area contributed by atoms with Crippen molar-refractivity contribution in [1.82, 2.24) is 4.31 Å². The van der Waals surface area contributed by atoms with Crippen molar-refractivity contribution < 1.29 is 9.90 Å². The van der Waals surface area contributed by atoms with Gasteiger partial charge >= 0.3 is 6.03 Å². The molecule has 0 radical (unpaired) electrons. The predicted molar refractivity (Wildman–Crippen MR) is 92.3 cm³/mol. The van der Waals surface area contributed by atoms with E-state index >= 15 is 0 Å². The molecule has 0 saturated heterocycles. The van der Waals surface area contributed by atoms with E-state index < -0.39 is 6.03 Å². The van der Waals surface area contributed by atoms with Crippen LogP contribution in [0.15, 0.2) is 38.3 Å². The number of para-hydroxylation sites is 1. The Morgan fingerprint density at radius 1 is 1.29 bits per heavy atom. The van der Waals surface area contributed by atoms with Crippen molar-refractivity contribution in [3.63, 3.8) is 0 Å². The number of nitrogens with zero attached hydrogens (tertiary/aromatic N) is 1. The minimum absolute atomic E-state index is 0.0842.